The zero-order valence-corrected chi connectivity index (χ0v) is 14.8. The molecule has 7 nitrogen and oxygen atoms in total. The molecule has 3 aromatic rings. The number of rotatable bonds is 6. The van der Waals surface area contributed by atoms with E-state index in [1.807, 2.05) is 37.4 Å². The summed E-state index contributed by atoms with van der Waals surface area (Å²) in [5.74, 6) is -0.480. The van der Waals surface area contributed by atoms with Gasteiger partial charge in [0.15, 0.2) is 0 Å². The number of ketones is 1. The molecule has 0 bridgehead atoms. The van der Waals surface area contributed by atoms with Gasteiger partial charge in [-0.25, -0.2) is 4.68 Å². The number of benzene rings is 1. The van der Waals surface area contributed by atoms with Crippen molar-refractivity contribution in [3.8, 4) is 11.4 Å². The number of aromatic nitrogens is 3. The Labute approximate surface area is 151 Å². The predicted molar refractivity (Wildman–Crippen MR) is 96.4 cm³/mol. The number of Topliss-reactive ketones (excluding diaryl/α,β-unsaturated/α-hetero) is 1. The van der Waals surface area contributed by atoms with Crippen LogP contribution in [0.5, 0.6) is 5.75 Å². The molecule has 26 heavy (non-hydrogen) atoms. The molecule has 2 heterocycles. The number of hydrogen-bond donors (Lipinski definition) is 1. The monoisotopic (exact) mass is 352 g/mol. The van der Waals surface area contributed by atoms with Crippen molar-refractivity contribution in [3.05, 3.63) is 66.2 Å². The van der Waals surface area contributed by atoms with Crippen molar-refractivity contribution in [1.29, 1.82) is 0 Å². The van der Waals surface area contributed by atoms with Crippen molar-refractivity contribution < 1.29 is 14.3 Å². The number of aryl methyl sites for hydroxylation is 1. The molecule has 1 N–H and O–H groups in total. The van der Waals surface area contributed by atoms with Crippen LogP contribution in [-0.2, 0) is 11.8 Å². The maximum atomic E-state index is 12.2. The molecule has 0 saturated carbocycles. The molecule has 1 unspecified atom stereocenters. The third-order valence-electron chi connectivity index (χ3n) is 4.15. The van der Waals surface area contributed by atoms with Gasteiger partial charge in [0.25, 0.3) is 11.7 Å². The first-order valence-electron chi connectivity index (χ1n) is 8.15. The highest BCUT2D eigenvalue weighted by molar-refractivity contribution is 6.42. The van der Waals surface area contributed by atoms with Crippen LogP contribution in [0.1, 0.15) is 29.0 Å². The standard InChI is InChI=1S/C19H20N4O3/c1-13(21-19(25)18(24)17-8-5-9-22(17)2)14-11-20-23(12-14)15-6-4-7-16(10-15)26-3/h4-13H,1-3H3,(H,21,25). The first kappa shape index (κ1) is 17.5. The Bertz CT molecular complexity index is 942. The number of nitrogens with zero attached hydrogens (tertiary/aromatic N) is 3. The molecule has 1 aromatic carbocycles. The van der Waals surface area contributed by atoms with Crippen LogP contribution in [0.4, 0.5) is 0 Å². The molecule has 0 radical (unpaired) electrons. The summed E-state index contributed by atoms with van der Waals surface area (Å²) >= 11 is 0. The highest BCUT2D eigenvalue weighted by Crippen LogP contribution is 2.18. The highest BCUT2D eigenvalue weighted by atomic mass is 16.5. The second-order valence-electron chi connectivity index (χ2n) is 5.95. The molecule has 0 spiro atoms. The Balaban J connectivity index is 1.71. The van der Waals surface area contributed by atoms with Crippen molar-refractivity contribution in [3.63, 3.8) is 0 Å². The van der Waals surface area contributed by atoms with Crippen LogP contribution < -0.4 is 10.1 Å². The number of nitrogens with one attached hydrogen (secondary N) is 1. The van der Waals surface area contributed by atoms with Crippen molar-refractivity contribution in [1.82, 2.24) is 19.7 Å². The molecule has 0 fully saturated rings. The predicted octanol–water partition coefficient (Wildman–Crippen LogP) is 2.28. The minimum atomic E-state index is -0.645. The fraction of sp³-hybridized carbons (Fsp3) is 0.211. The minimum absolute atomic E-state index is 0.349. The lowest BCUT2D eigenvalue weighted by Crippen LogP contribution is -2.33. The maximum Gasteiger partial charge on any atom is 0.294 e. The summed E-state index contributed by atoms with van der Waals surface area (Å²) in [4.78, 5) is 24.4. The van der Waals surface area contributed by atoms with E-state index in [1.165, 1.54) is 0 Å². The normalized spacial score (nSPS) is 11.8. The Kier molecular flexibility index (Phi) is 4.88. The van der Waals surface area contributed by atoms with Crippen LogP contribution in [0.3, 0.4) is 0 Å². The first-order valence-corrected chi connectivity index (χ1v) is 8.15. The van der Waals surface area contributed by atoms with Gasteiger partial charge >= 0.3 is 0 Å². The van der Waals surface area contributed by atoms with Gasteiger partial charge in [0.05, 0.1) is 30.7 Å². The largest absolute Gasteiger partial charge is 0.497 e. The fourth-order valence-corrected chi connectivity index (χ4v) is 2.61. The summed E-state index contributed by atoms with van der Waals surface area (Å²) in [6.45, 7) is 1.81. The van der Waals surface area contributed by atoms with Gasteiger partial charge in [-0.3, -0.25) is 9.59 Å². The van der Waals surface area contributed by atoms with E-state index in [0.717, 1.165) is 17.0 Å². The zero-order valence-electron chi connectivity index (χ0n) is 14.8. The third kappa shape index (κ3) is 3.51. The number of ether oxygens (including phenoxy) is 1. The summed E-state index contributed by atoms with van der Waals surface area (Å²) in [6.07, 6.45) is 5.20. The van der Waals surface area contributed by atoms with E-state index in [2.05, 4.69) is 10.4 Å². The van der Waals surface area contributed by atoms with Gasteiger partial charge in [0.1, 0.15) is 5.75 Å². The van der Waals surface area contributed by atoms with Gasteiger partial charge in [0.2, 0.25) is 0 Å². The average molecular weight is 352 g/mol. The van der Waals surface area contributed by atoms with E-state index >= 15 is 0 Å². The summed E-state index contributed by atoms with van der Waals surface area (Å²) in [5.41, 5.74) is 1.98. The van der Waals surface area contributed by atoms with E-state index in [-0.39, 0.29) is 6.04 Å². The van der Waals surface area contributed by atoms with Crippen LogP contribution in [0.15, 0.2) is 55.0 Å². The van der Waals surface area contributed by atoms with Gasteiger partial charge in [-0.2, -0.15) is 5.10 Å². The topological polar surface area (TPSA) is 78.1 Å². The van der Waals surface area contributed by atoms with E-state index < -0.39 is 11.7 Å². The molecule has 2 aromatic heterocycles. The van der Waals surface area contributed by atoms with Crippen LogP contribution in [-0.4, -0.2) is 33.1 Å². The minimum Gasteiger partial charge on any atom is -0.497 e. The van der Waals surface area contributed by atoms with E-state index in [1.54, 1.807) is 47.9 Å². The summed E-state index contributed by atoms with van der Waals surface area (Å²) in [6, 6.07) is 10.5. The van der Waals surface area contributed by atoms with Gasteiger partial charge < -0.3 is 14.6 Å². The SMILES string of the molecule is COc1cccc(-n2cc(C(C)NC(=O)C(=O)c3cccn3C)cn2)c1. The summed E-state index contributed by atoms with van der Waals surface area (Å²) < 4.78 is 8.53. The van der Waals surface area contributed by atoms with Crippen LogP contribution in [0.2, 0.25) is 0 Å². The molecule has 0 aliphatic carbocycles. The molecule has 1 amide bonds. The van der Waals surface area contributed by atoms with Crippen molar-refractivity contribution in [2.24, 2.45) is 7.05 Å². The third-order valence-corrected chi connectivity index (χ3v) is 4.15. The number of hydrogen-bond acceptors (Lipinski definition) is 4. The fourth-order valence-electron chi connectivity index (χ4n) is 2.61. The molecule has 134 valence electrons. The molecule has 1 atom stereocenters. The number of carbonyl (C=O) groups is 2. The molecular formula is C19H20N4O3. The number of amides is 1. The summed E-state index contributed by atoms with van der Waals surface area (Å²) in [5, 5.41) is 7.04. The Hall–Kier alpha value is -3.35. The van der Waals surface area contributed by atoms with Crippen molar-refractivity contribution >= 4 is 11.7 Å². The molecule has 7 heteroatoms. The van der Waals surface area contributed by atoms with Gasteiger partial charge in [0, 0.05) is 31.1 Å². The Morgan fingerprint density at radius 2 is 2.04 bits per heavy atom. The van der Waals surface area contributed by atoms with Crippen molar-refractivity contribution in [2.75, 3.05) is 7.11 Å². The lowest BCUT2D eigenvalue weighted by Gasteiger charge is -2.11. The van der Waals surface area contributed by atoms with E-state index in [9.17, 15) is 9.59 Å². The molecule has 0 saturated heterocycles. The molecular weight excluding hydrogens is 332 g/mol. The molecule has 0 aliphatic rings. The van der Waals surface area contributed by atoms with E-state index in [0.29, 0.717) is 5.69 Å². The highest BCUT2D eigenvalue weighted by Gasteiger charge is 2.21. The Morgan fingerprint density at radius 3 is 2.73 bits per heavy atom. The van der Waals surface area contributed by atoms with Crippen molar-refractivity contribution in [2.45, 2.75) is 13.0 Å². The van der Waals surface area contributed by atoms with Crippen LogP contribution >= 0.6 is 0 Å². The van der Waals surface area contributed by atoms with E-state index in [4.69, 9.17) is 4.74 Å². The van der Waals surface area contributed by atoms with Gasteiger partial charge in [-0.15, -0.1) is 0 Å². The maximum absolute atomic E-state index is 12.2. The van der Waals surface area contributed by atoms with Gasteiger partial charge in [-0.05, 0) is 31.2 Å². The number of methoxy groups -OCH3 is 1. The van der Waals surface area contributed by atoms with Crippen LogP contribution in [0, 0.1) is 0 Å². The zero-order chi connectivity index (χ0) is 18.7. The second kappa shape index (κ2) is 7.26. The quantitative estimate of drug-likeness (QED) is 0.545. The molecule has 0 aliphatic heterocycles. The summed E-state index contributed by atoms with van der Waals surface area (Å²) in [7, 11) is 3.33. The smallest absolute Gasteiger partial charge is 0.294 e. The number of carbonyl (C=O) groups excluding carboxylic acids is 2. The Morgan fingerprint density at radius 1 is 1.23 bits per heavy atom. The lowest BCUT2D eigenvalue weighted by atomic mass is 10.1. The second-order valence-corrected chi connectivity index (χ2v) is 5.95. The lowest BCUT2D eigenvalue weighted by molar-refractivity contribution is -0.117. The van der Waals surface area contributed by atoms with Gasteiger partial charge in [-0.1, -0.05) is 6.07 Å². The van der Waals surface area contributed by atoms with Crippen LogP contribution in [0.25, 0.3) is 5.69 Å². The average Bonchev–Trinajstić information content (AvgIpc) is 3.30. The first-order chi connectivity index (χ1) is 12.5. The molecule has 3 rings (SSSR count).